The first-order valence-corrected chi connectivity index (χ1v) is 6.19. The topological polar surface area (TPSA) is 51.8 Å². The lowest BCUT2D eigenvalue weighted by molar-refractivity contribution is 0.854. The van der Waals surface area contributed by atoms with Crippen LogP contribution in [0.15, 0.2) is 24.3 Å². The average Bonchev–Trinajstić information content (AvgIpc) is 2.77. The fraction of sp³-hybridized carbons (Fsp3) is 0.273. The van der Waals surface area contributed by atoms with E-state index in [9.17, 15) is 0 Å². The minimum atomic E-state index is -0.160. The fourth-order valence-corrected chi connectivity index (χ4v) is 2.41. The van der Waals surface area contributed by atoms with Gasteiger partial charge in [-0.1, -0.05) is 35.1 Å². The van der Waals surface area contributed by atoms with E-state index in [1.807, 2.05) is 24.3 Å². The highest BCUT2D eigenvalue weighted by Crippen LogP contribution is 2.25. The number of aryl methyl sites for hydroxylation is 1. The van der Waals surface area contributed by atoms with E-state index in [4.69, 9.17) is 17.3 Å². The van der Waals surface area contributed by atoms with Gasteiger partial charge in [0.2, 0.25) is 0 Å². The van der Waals surface area contributed by atoms with Gasteiger partial charge >= 0.3 is 0 Å². The van der Waals surface area contributed by atoms with Gasteiger partial charge < -0.3 is 5.73 Å². The number of hydrogen-bond acceptors (Lipinski definition) is 4. The Kier molecular flexibility index (Phi) is 3.53. The number of rotatable bonds is 3. The molecule has 1 heterocycles. The van der Waals surface area contributed by atoms with Crippen LogP contribution in [-0.4, -0.2) is 9.59 Å². The Bertz CT molecular complexity index is 466. The minimum Gasteiger partial charge on any atom is -0.320 e. The molecule has 0 spiro atoms. The second-order valence-electron chi connectivity index (χ2n) is 3.47. The van der Waals surface area contributed by atoms with E-state index < -0.39 is 0 Å². The molecule has 0 saturated heterocycles. The smallest absolute Gasteiger partial charge is 0.0804 e. The summed E-state index contributed by atoms with van der Waals surface area (Å²) in [7, 11) is 0. The third-order valence-electron chi connectivity index (χ3n) is 2.43. The molecule has 2 aromatic rings. The predicted octanol–water partition coefficient (Wildman–Crippen LogP) is 2.80. The third kappa shape index (κ3) is 2.24. The average molecular weight is 254 g/mol. The van der Waals surface area contributed by atoms with E-state index in [1.54, 1.807) is 0 Å². The van der Waals surface area contributed by atoms with E-state index in [0.29, 0.717) is 5.02 Å². The summed E-state index contributed by atoms with van der Waals surface area (Å²) in [4.78, 5) is 1.03. The highest BCUT2D eigenvalue weighted by Gasteiger charge is 2.16. The zero-order chi connectivity index (χ0) is 11.5. The zero-order valence-electron chi connectivity index (χ0n) is 8.85. The molecule has 16 heavy (non-hydrogen) atoms. The van der Waals surface area contributed by atoms with Crippen molar-refractivity contribution < 1.29 is 0 Å². The lowest BCUT2D eigenvalue weighted by Crippen LogP contribution is -2.12. The number of benzene rings is 1. The summed E-state index contributed by atoms with van der Waals surface area (Å²) in [5.74, 6) is 0. The number of nitrogens with zero attached hydrogens (tertiary/aromatic N) is 2. The van der Waals surface area contributed by atoms with E-state index in [2.05, 4.69) is 16.5 Å². The van der Waals surface area contributed by atoms with Gasteiger partial charge in [-0.05, 0) is 35.6 Å². The van der Waals surface area contributed by atoms with Crippen LogP contribution in [0.25, 0.3) is 0 Å². The van der Waals surface area contributed by atoms with Crippen molar-refractivity contribution in [3.05, 3.63) is 45.4 Å². The van der Waals surface area contributed by atoms with E-state index >= 15 is 0 Å². The maximum Gasteiger partial charge on any atom is 0.0804 e. The third-order valence-corrected chi connectivity index (χ3v) is 3.53. The minimum absolute atomic E-state index is 0.160. The van der Waals surface area contributed by atoms with Gasteiger partial charge in [-0.25, -0.2) is 0 Å². The van der Waals surface area contributed by atoms with Crippen molar-refractivity contribution in [1.82, 2.24) is 9.59 Å². The zero-order valence-corrected chi connectivity index (χ0v) is 10.4. The molecule has 0 saturated carbocycles. The highest BCUT2D eigenvalue weighted by atomic mass is 35.5. The molecule has 0 amide bonds. The number of nitrogens with two attached hydrogens (primary N) is 1. The van der Waals surface area contributed by atoms with Crippen LogP contribution in [0.5, 0.6) is 0 Å². The summed E-state index contributed by atoms with van der Waals surface area (Å²) < 4.78 is 3.94. The van der Waals surface area contributed by atoms with E-state index in [0.717, 1.165) is 22.6 Å². The van der Waals surface area contributed by atoms with Crippen LogP contribution in [0.4, 0.5) is 0 Å². The van der Waals surface area contributed by atoms with Gasteiger partial charge in [-0.2, -0.15) is 0 Å². The standard InChI is InChI=1S/C11H12ClN3S/c1-2-9-11(16-15-14-9)10(13)7-3-5-8(12)6-4-7/h3-6,10H,2,13H2,1H3. The molecular formula is C11H12ClN3S. The van der Waals surface area contributed by atoms with Gasteiger partial charge in [0.15, 0.2) is 0 Å². The van der Waals surface area contributed by atoms with Crippen LogP contribution < -0.4 is 5.73 Å². The Morgan fingerprint density at radius 1 is 1.38 bits per heavy atom. The van der Waals surface area contributed by atoms with Gasteiger partial charge in [0.25, 0.3) is 0 Å². The summed E-state index contributed by atoms with van der Waals surface area (Å²) in [5.41, 5.74) is 8.19. The maximum atomic E-state index is 6.17. The first-order valence-electron chi connectivity index (χ1n) is 5.04. The van der Waals surface area contributed by atoms with Gasteiger partial charge in [-0.15, -0.1) is 5.10 Å². The van der Waals surface area contributed by atoms with Gasteiger partial charge in [-0.3, -0.25) is 0 Å². The molecule has 0 aliphatic heterocycles. The van der Waals surface area contributed by atoms with Crippen LogP contribution in [0, 0.1) is 0 Å². The molecule has 0 fully saturated rings. The van der Waals surface area contributed by atoms with Crippen molar-refractivity contribution in [2.45, 2.75) is 19.4 Å². The maximum absolute atomic E-state index is 6.17. The molecule has 2 rings (SSSR count). The van der Waals surface area contributed by atoms with Crippen LogP contribution in [0.2, 0.25) is 5.02 Å². The van der Waals surface area contributed by atoms with Crippen LogP contribution in [0.3, 0.4) is 0 Å². The summed E-state index contributed by atoms with van der Waals surface area (Å²) in [6.45, 7) is 2.05. The largest absolute Gasteiger partial charge is 0.320 e. The van der Waals surface area contributed by atoms with Crippen molar-refractivity contribution in [1.29, 1.82) is 0 Å². The fourth-order valence-electron chi connectivity index (χ4n) is 1.52. The number of aromatic nitrogens is 2. The SMILES string of the molecule is CCc1nnsc1C(N)c1ccc(Cl)cc1. The normalized spacial score (nSPS) is 12.7. The summed E-state index contributed by atoms with van der Waals surface area (Å²) in [6.07, 6.45) is 0.854. The molecule has 0 bridgehead atoms. The Hall–Kier alpha value is -0.970. The van der Waals surface area contributed by atoms with Crippen molar-refractivity contribution in [3.63, 3.8) is 0 Å². The lowest BCUT2D eigenvalue weighted by Gasteiger charge is -2.10. The second-order valence-corrected chi connectivity index (χ2v) is 4.69. The monoisotopic (exact) mass is 253 g/mol. The number of halogens is 1. The van der Waals surface area contributed by atoms with E-state index in [1.165, 1.54) is 11.5 Å². The Balaban J connectivity index is 2.31. The molecule has 1 atom stereocenters. The molecule has 2 N–H and O–H groups in total. The van der Waals surface area contributed by atoms with Gasteiger partial charge in [0.05, 0.1) is 16.6 Å². The van der Waals surface area contributed by atoms with Crippen LogP contribution >= 0.6 is 23.1 Å². The Morgan fingerprint density at radius 2 is 2.06 bits per heavy atom. The molecule has 1 aromatic carbocycles. The molecule has 0 aliphatic carbocycles. The predicted molar refractivity (Wildman–Crippen MR) is 66.8 cm³/mol. The lowest BCUT2D eigenvalue weighted by atomic mass is 10.0. The van der Waals surface area contributed by atoms with Gasteiger partial charge in [0.1, 0.15) is 0 Å². The molecule has 1 aromatic heterocycles. The van der Waals surface area contributed by atoms with Crippen molar-refractivity contribution >= 4 is 23.1 Å². The first-order chi connectivity index (χ1) is 7.72. The van der Waals surface area contributed by atoms with Crippen LogP contribution in [0.1, 0.15) is 29.1 Å². The second kappa shape index (κ2) is 4.91. The molecule has 84 valence electrons. The molecule has 5 heteroatoms. The Morgan fingerprint density at radius 3 is 2.69 bits per heavy atom. The molecular weight excluding hydrogens is 242 g/mol. The first kappa shape index (κ1) is 11.5. The molecule has 0 aliphatic rings. The Labute approximate surface area is 103 Å². The summed E-state index contributed by atoms with van der Waals surface area (Å²) in [6, 6.07) is 7.40. The van der Waals surface area contributed by atoms with E-state index in [-0.39, 0.29) is 6.04 Å². The summed E-state index contributed by atoms with van der Waals surface area (Å²) >= 11 is 7.20. The van der Waals surface area contributed by atoms with Crippen molar-refractivity contribution in [2.24, 2.45) is 5.73 Å². The quantitative estimate of drug-likeness (QED) is 0.915. The molecule has 0 radical (unpaired) electrons. The van der Waals surface area contributed by atoms with Gasteiger partial charge in [0, 0.05) is 5.02 Å². The van der Waals surface area contributed by atoms with Crippen molar-refractivity contribution in [2.75, 3.05) is 0 Å². The number of hydrogen-bond donors (Lipinski definition) is 1. The molecule has 1 unspecified atom stereocenters. The highest BCUT2D eigenvalue weighted by molar-refractivity contribution is 7.05. The van der Waals surface area contributed by atoms with Crippen LogP contribution in [-0.2, 0) is 6.42 Å². The molecule has 3 nitrogen and oxygen atoms in total. The van der Waals surface area contributed by atoms with Crippen molar-refractivity contribution in [3.8, 4) is 0 Å². The summed E-state index contributed by atoms with van der Waals surface area (Å²) in [5, 5.41) is 4.78.